The van der Waals surface area contributed by atoms with Crippen molar-refractivity contribution in [1.82, 2.24) is 19.9 Å². The minimum atomic E-state index is -0.594. The number of carbonyl (C=O) groups excluding carboxylic acids is 1. The van der Waals surface area contributed by atoms with Crippen LogP contribution in [-0.4, -0.2) is 46.3 Å². The summed E-state index contributed by atoms with van der Waals surface area (Å²) in [4.78, 5) is 16.6. The maximum atomic E-state index is 14.8. The van der Waals surface area contributed by atoms with Crippen molar-refractivity contribution in [3.8, 4) is 11.3 Å². The molecule has 0 radical (unpaired) electrons. The summed E-state index contributed by atoms with van der Waals surface area (Å²) in [6, 6.07) is 7.51. The van der Waals surface area contributed by atoms with E-state index in [1.54, 1.807) is 22.8 Å². The van der Waals surface area contributed by atoms with Gasteiger partial charge in [-0.15, -0.1) is 5.10 Å². The number of nitrogens with two attached hydrogens (primary N) is 1. The normalized spacial score (nSPS) is 17.1. The van der Waals surface area contributed by atoms with E-state index < -0.39 is 5.82 Å². The monoisotopic (exact) mass is 424 g/mol. The Labute approximate surface area is 179 Å². The lowest BCUT2D eigenvalue weighted by Crippen LogP contribution is -2.25. The van der Waals surface area contributed by atoms with E-state index in [0.29, 0.717) is 35.4 Å². The van der Waals surface area contributed by atoms with Crippen LogP contribution in [0.15, 0.2) is 30.5 Å². The van der Waals surface area contributed by atoms with Crippen LogP contribution in [0.4, 0.5) is 15.9 Å². The zero-order chi connectivity index (χ0) is 21.4. The molecule has 2 aromatic heterocycles. The first kappa shape index (κ1) is 19.7. The van der Waals surface area contributed by atoms with Crippen molar-refractivity contribution < 1.29 is 13.9 Å². The fourth-order valence-electron chi connectivity index (χ4n) is 3.83. The topological polar surface area (TPSA) is 107 Å². The Hall–Kier alpha value is -3.20. The highest BCUT2D eigenvalue weighted by Crippen LogP contribution is 2.29. The lowest BCUT2D eigenvalue weighted by Gasteiger charge is -2.23. The molecule has 3 aromatic rings. The van der Waals surface area contributed by atoms with Gasteiger partial charge in [-0.25, -0.2) is 13.9 Å². The molecule has 1 aliphatic heterocycles. The highest BCUT2D eigenvalue weighted by atomic mass is 19.1. The summed E-state index contributed by atoms with van der Waals surface area (Å²) in [5.41, 5.74) is 8.58. The Morgan fingerprint density at radius 2 is 1.94 bits per heavy atom. The number of anilines is 2. The number of imidazole rings is 1. The van der Waals surface area contributed by atoms with Gasteiger partial charge in [0.05, 0.1) is 11.9 Å². The van der Waals surface area contributed by atoms with Crippen LogP contribution in [0.3, 0.4) is 0 Å². The predicted octanol–water partition coefficient (Wildman–Crippen LogP) is 2.85. The average molecular weight is 424 g/mol. The van der Waals surface area contributed by atoms with E-state index in [-0.39, 0.29) is 17.4 Å². The Morgan fingerprint density at radius 3 is 2.65 bits per heavy atom. The number of nitrogen functional groups attached to an aromatic ring is 1. The van der Waals surface area contributed by atoms with Crippen LogP contribution in [0.25, 0.3) is 16.9 Å². The zero-order valence-electron chi connectivity index (χ0n) is 17.1. The lowest BCUT2D eigenvalue weighted by atomic mass is 10.0. The van der Waals surface area contributed by atoms with Gasteiger partial charge in [-0.3, -0.25) is 4.79 Å². The van der Waals surface area contributed by atoms with E-state index in [9.17, 15) is 9.18 Å². The zero-order valence-corrected chi connectivity index (χ0v) is 17.1. The number of amides is 1. The molecule has 2 fully saturated rings. The molecule has 3 heterocycles. The highest BCUT2D eigenvalue weighted by molar-refractivity contribution is 5.95. The first-order valence-corrected chi connectivity index (χ1v) is 10.7. The standard InChI is InChI=1S/C22H25FN6O2/c23-18-19(25-11-13-7-9-31-10-8-13)21-26-12-17(29(21)28-20(18)24)14-1-3-15(4-2-14)22(30)27-16-5-6-16/h1-4,12-13,16,25H,5-11H2,(H2,24,28)(H,27,30). The van der Waals surface area contributed by atoms with Gasteiger partial charge in [0.25, 0.3) is 5.91 Å². The number of carbonyl (C=O) groups is 1. The predicted molar refractivity (Wildman–Crippen MR) is 115 cm³/mol. The maximum Gasteiger partial charge on any atom is 0.251 e. The number of hydrogen-bond donors (Lipinski definition) is 3. The molecule has 2 aliphatic rings. The van der Waals surface area contributed by atoms with Crippen molar-refractivity contribution in [3.63, 3.8) is 0 Å². The molecule has 1 amide bonds. The molecule has 1 saturated carbocycles. The van der Waals surface area contributed by atoms with E-state index in [1.165, 1.54) is 0 Å². The Balaban J connectivity index is 1.42. The molecule has 5 rings (SSSR count). The first-order chi connectivity index (χ1) is 15.1. The molecule has 9 heteroatoms. The quantitative estimate of drug-likeness (QED) is 0.562. The highest BCUT2D eigenvalue weighted by Gasteiger charge is 2.24. The fourth-order valence-corrected chi connectivity index (χ4v) is 3.83. The third-order valence-electron chi connectivity index (χ3n) is 5.88. The van der Waals surface area contributed by atoms with Crippen LogP contribution in [0, 0.1) is 11.7 Å². The molecule has 1 aromatic carbocycles. The van der Waals surface area contributed by atoms with Crippen molar-refractivity contribution in [2.24, 2.45) is 5.92 Å². The van der Waals surface area contributed by atoms with Gasteiger partial charge in [-0.05, 0) is 43.7 Å². The minimum Gasteiger partial charge on any atom is -0.381 e. The second-order valence-corrected chi connectivity index (χ2v) is 8.21. The minimum absolute atomic E-state index is 0.0729. The van der Waals surface area contributed by atoms with Crippen molar-refractivity contribution in [1.29, 1.82) is 0 Å². The van der Waals surface area contributed by atoms with E-state index >= 15 is 0 Å². The number of nitrogens with one attached hydrogen (secondary N) is 2. The van der Waals surface area contributed by atoms with Crippen molar-refractivity contribution >= 4 is 23.1 Å². The first-order valence-electron chi connectivity index (χ1n) is 10.7. The lowest BCUT2D eigenvalue weighted by molar-refractivity contribution is 0.0699. The van der Waals surface area contributed by atoms with E-state index in [0.717, 1.165) is 44.5 Å². The fraction of sp³-hybridized carbons (Fsp3) is 0.409. The van der Waals surface area contributed by atoms with Gasteiger partial charge in [0.1, 0.15) is 5.69 Å². The third-order valence-corrected chi connectivity index (χ3v) is 5.88. The molecule has 0 spiro atoms. The summed E-state index contributed by atoms with van der Waals surface area (Å²) < 4.78 is 21.7. The smallest absolute Gasteiger partial charge is 0.251 e. The van der Waals surface area contributed by atoms with Gasteiger partial charge in [-0.2, -0.15) is 0 Å². The number of nitrogens with zero attached hydrogens (tertiary/aromatic N) is 3. The van der Waals surface area contributed by atoms with Crippen molar-refractivity contribution in [2.45, 2.75) is 31.7 Å². The van der Waals surface area contributed by atoms with E-state index in [1.807, 2.05) is 12.1 Å². The van der Waals surface area contributed by atoms with Crippen LogP contribution < -0.4 is 16.4 Å². The molecule has 8 nitrogen and oxygen atoms in total. The average Bonchev–Trinajstić information content (AvgIpc) is 3.51. The summed E-state index contributed by atoms with van der Waals surface area (Å²) in [5.74, 6) is -0.451. The molecule has 1 aliphatic carbocycles. The molecule has 162 valence electrons. The number of aromatic nitrogens is 3. The van der Waals surface area contributed by atoms with Crippen LogP contribution in [0.5, 0.6) is 0 Å². The molecular weight excluding hydrogens is 399 g/mol. The molecule has 4 N–H and O–H groups in total. The van der Waals surface area contributed by atoms with E-state index in [4.69, 9.17) is 10.5 Å². The molecule has 0 atom stereocenters. The number of hydrogen-bond acceptors (Lipinski definition) is 6. The summed E-state index contributed by atoms with van der Waals surface area (Å²) in [6.07, 6.45) is 5.60. The summed E-state index contributed by atoms with van der Waals surface area (Å²) in [5, 5.41) is 10.4. The van der Waals surface area contributed by atoms with Crippen molar-refractivity contribution in [2.75, 3.05) is 30.8 Å². The molecule has 31 heavy (non-hydrogen) atoms. The van der Waals surface area contributed by atoms with Crippen LogP contribution >= 0.6 is 0 Å². The van der Waals surface area contributed by atoms with Gasteiger partial charge in [0.15, 0.2) is 17.3 Å². The summed E-state index contributed by atoms with van der Waals surface area (Å²) >= 11 is 0. The number of benzene rings is 1. The largest absolute Gasteiger partial charge is 0.381 e. The van der Waals surface area contributed by atoms with Crippen molar-refractivity contribution in [3.05, 3.63) is 41.8 Å². The van der Waals surface area contributed by atoms with Gasteiger partial charge in [0, 0.05) is 36.9 Å². The Bertz CT molecular complexity index is 1100. The summed E-state index contributed by atoms with van der Waals surface area (Å²) in [7, 11) is 0. The van der Waals surface area contributed by atoms with Crippen LogP contribution in [0.2, 0.25) is 0 Å². The number of halogens is 1. The number of ether oxygens (including phenoxy) is 1. The summed E-state index contributed by atoms with van der Waals surface area (Å²) in [6.45, 7) is 2.07. The number of rotatable bonds is 6. The second-order valence-electron chi connectivity index (χ2n) is 8.21. The van der Waals surface area contributed by atoms with Gasteiger partial charge in [0.2, 0.25) is 0 Å². The van der Waals surface area contributed by atoms with Crippen LogP contribution in [-0.2, 0) is 4.74 Å². The molecule has 0 bridgehead atoms. The van der Waals surface area contributed by atoms with Crippen LogP contribution in [0.1, 0.15) is 36.0 Å². The Kier molecular flexibility index (Phi) is 5.19. The third kappa shape index (κ3) is 4.05. The van der Waals surface area contributed by atoms with Gasteiger partial charge < -0.3 is 21.1 Å². The molecule has 1 saturated heterocycles. The van der Waals surface area contributed by atoms with Gasteiger partial charge >= 0.3 is 0 Å². The molecule has 0 unspecified atom stereocenters. The maximum absolute atomic E-state index is 14.8. The number of fused-ring (bicyclic) bond motifs is 1. The van der Waals surface area contributed by atoms with E-state index in [2.05, 4.69) is 20.7 Å². The molecular formula is C22H25FN6O2. The Morgan fingerprint density at radius 1 is 1.19 bits per heavy atom. The van der Waals surface area contributed by atoms with Gasteiger partial charge in [-0.1, -0.05) is 12.1 Å². The SMILES string of the molecule is Nc1nn2c(-c3ccc(C(=O)NC4CC4)cc3)cnc2c(NCC2CCOCC2)c1F. The second kappa shape index (κ2) is 8.14.